The summed E-state index contributed by atoms with van der Waals surface area (Å²) in [5.41, 5.74) is 5.99. The molecule has 7 nitrogen and oxygen atoms in total. The van der Waals surface area contributed by atoms with Gasteiger partial charge in [0.15, 0.2) is 17.3 Å². The van der Waals surface area contributed by atoms with E-state index in [1.807, 2.05) is 48.5 Å². The number of rotatable bonds is 9. The van der Waals surface area contributed by atoms with Crippen molar-refractivity contribution in [2.75, 3.05) is 19.6 Å². The smallest absolute Gasteiger partial charge is 0.214 e. The summed E-state index contributed by atoms with van der Waals surface area (Å²) in [6, 6.07) is 18.7. The molecule has 0 saturated heterocycles. The zero-order valence-electron chi connectivity index (χ0n) is 18.5. The number of hydrogen-bond donors (Lipinski definition) is 2. The Morgan fingerprint density at radius 2 is 1.68 bits per heavy atom. The lowest BCUT2D eigenvalue weighted by atomic mass is 10.2. The summed E-state index contributed by atoms with van der Waals surface area (Å²) < 4.78 is 19.1. The topological polar surface area (TPSA) is 73.3 Å². The fourth-order valence-corrected chi connectivity index (χ4v) is 3.87. The molecule has 3 aromatic carbocycles. The first-order chi connectivity index (χ1) is 16.5. The molecule has 0 amide bonds. The van der Waals surface area contributed by atoms with Crippen LogP contribution in [-0.2, 0) is 13.2 Å². The van der Waals surface area contributed by atoms with E-state index in [2.05, 4.69) is 15.6 Å². The zero-order valence-corrected chi connectivity index (χ0v) is 20.8. The van der Waals surface area contributed by atoms with Crippen molar-refractivity contribution in [3.63, 3.8) is 0 Å². The molecule has 1 aromatic heterocycles. The zero-order chi connectivity index (χ0) is 24.1. The molecule has 0 radical (unpaired) electrons. The van der Waals surface area contributed by atoms with Crippen LogP contribution in [0.15, 0.2) is 60.7 Å². The Kier molecular flexibility index (Phi) is 7.62. The van der Waals surface area contributed by atoms with E-state index in [1.54, 1.807) is 31.0 Å². The molecule has 176 valence electrons. The number of hydrogen-bond acceptors (Lipinski definition) is 6. The average molecular weight is 517 g/mol. The second-order valence-corrected chi connectivity index (χ2v) is 8.45. The minimum atomic E-state index is 0.331. The molecule has 0 aliphatic heterocycles. The Balaban J connectivity index is 1.49. The highest BCUT2D eigenvalue weighted by molar-refractivity contribution is 7.71. The molecule has 34 heavy (non-hydrogen) atoms. The SMILES string of the molecule is COc1cc(CNn2c(-c3ccccc3OC)n[nH]c2=S)ccc1OCc1ccc(Cl)c(Cl)c1. The van der Waals surface area contributed by atoms with E-state index in [0.717, 1.165) is 16.7 Å². The van der Waals surface area contributed by atoms with E-state index < -0.39 is 0 Å². The van der Waals surface area contributed by atoms with Crippen molar-refractivity contribution in [3.8, 4) is 28.6 Å². The van der Waals surface area contributed by atoms with E-state index in [-0.39, 0.29) is 0 Å². The summed E-state index contributed by atoms with van der Waals surface area (Å²) in [7, 11) is 3.22. The molecular weight excluding hydrogens is 495 g/mol. The summed E-state index contributed by atoms with van der Waals surface area (Å²) in [5.74, 6) is 2.55. The third-order valence-electron chi connectivity index (χ3n) is 5.07. The monoisotopic (exact) mass is 516 g/mol. The standard InChI is InChI=1S/C24H22Cl2N4O3S/c1-31-20-6-4-3-5-17(20)23-28-29-24(34)30(23)27-13-15-8-10-21(22(12-15)32-2)33-14-16-7-9-18(25)19(26)11-16/h3-12,27H,13-14H2,1-2H3,(H,29,34). The van der Waals surface area contributed by atoms with Crippen LogP contribution in [0.2, 0.25) is 10.0 Å². The first-order valence-corrected chi connectivity index (χ1v) is 11.4. The van der Waals surface area contributed by atoms with Crippen LogP contribution < -0.4 is 19.6 Å². The van der Waals surface area contributed by atoms with Crippen molar-refractivity contribution in [3.05, 3.63) is 86.6 Å². The first kappa shape index (κ1) is 23.9. The van der Waals surface area contributed by atoms with Gasteiger partial charge in [-0.1, -0.05) is 47.5 Å². The molecule has 0 spiro atoms. The molecule has 0 saturated carbocycles. The molecule has 0 aliphatic carbocycles. The minimum Gasteiger partial charge on any atom is -0.496 e. The predicted molar refractivity (Wildman–Crippen MR) is 136 cm³/mol. The van der Waals surface area contributed by atoms with E-state index in [1.165, 1.54) is 0 Å². The highest BCUT2D eigenvalue weighted by Gasteiger charge is 2.14. The number of nitrogens with zero attached hydrogens (tertiary/aromatic N) is 2. The minimum absolute atomic E-state index is 0.331. The Morgan fingerprint density at radius 3 is 2.44 bits per heavy atom. The first-order valence-electron chi connectivity index (χ1n) is 10.3. The lowest BCUT2D eigenvalue weighted by Crippen LogP contribution is -2.16. The molecule has 10 heteroatoms. The number of para-hydroxylation sites is 1. The summed E-state index contributed by atoms with van der Waals surface area (Å²) in [6.07, 6.45) is 0. The molecule has 4 rings (SSSR count). The van der Waals surface area contributed by atoms with Crippen LogP contribution in [0.4, 0.5) is 0 Å². The van der Waals surface area contributed by atoms with Gasteiger partial charge in [-0.15, -0.1) is 0 Å². The van der Waals surface area contributed by atoms with Gasteiger partial charge in [0, 0.05) is 0 Å². The average Bonchev–Trinajstić information content (AvgIpc) is 3.23. The van der Waals surface area contributed by atoms with Crippen LogP contribution in [0.3, 0.4) is 0 Å². The maximum Gasteiger partial charge on any atom is 0.214 e. The molecule has 2 N–H and O–H groups in total. The molecule has 1 heterocycles. The number of halogens is 2. The molecule has 0 aliphatic rings. The van der Waals surface area contributed by atoms with Crippen LogP contribution in [-0.4, -0.2) is 29.1 Å². The second kappa shape index (κ2) is 10.8. The Bertz CT molecular complexity index is 1360. The third kappa shape index (κ3) is 5.30. The van der Waals surface area contributed by atoms with E-state index in [4.69, 9.17) is 49.6 Å². The van der Waals surface area contributed by atoms with Gasteiger partial charge in [-0.25, -0.2) is 9.77 Å². The summed E-state index contributed by atoms with van der Waals surface area (Å²) in [4.78, 5) is 0. The molecule has 0 bridgehead atoms. The van der Waals surface area contributed by atoms with Crippen LogP contribution in [0, 0.1) is 4.77 Å². The maximum atomic E-state index is 6.09. The molecular formula is C24H22Cl2N4O3S. The van der Waals surface area contributed by atoms with Gasteiger partial charge in [0.2, 0.25) is 4.77 Å². The van der Waals surface area contributed by atoms with Crippen LogP contribution >= 0.6 is 35.4 Å². The van der Waals surface area contributed by atoms with Crippen molar-refractivity contribution < 1.29 is 14.2 Å². The number of ether oxygens (including phenoxy) is 3. The quantitative estimate of drug-likeness (QED) is 0.256. The Labute approximate surface area is 212 Å². The van der Waals surface area contributed by atoms with E-state index in [0.29, 0.717) is 51.0 Å². The van der Waals surface area contributed by atoms with Crippen molar-refractivity contribution in [1.29, 1.82) is 0 Å². The van der Waals surface area contributed by atoms with Gasteiger partial charge in [0.25, 0.3) is 0 Å². The maximum absolute atomic E-state index is 6.09. The molecule has 4 aromatic rings. The van der Waals surface area contributed by atoms with Crippen LogP contribution in [0.5, 0.6) is 17.2 Å². The summed E-state index contributed by atoms with van der Waals surface area (Å²) in [5, 5.41) is 8.18. The van der Waals surface area contributed by atoms with Crippen molar-refractivity contribution in [2.45, 2.75) is 13.2 Å². The number of aromatic amines is 1. The van der Waals surface area contributed by atoms with E-state index in [9.17, 15) is 0 Å². The fourth-order valence-electron chi connectivity index (χ4n) is 3.36. The summed E-state index contributed by atoms with van der Waals surface area (Å²) >= 11 is 17.5. The molecule has 0 fully saturated rings. The van der Waals surface area contributed by atoms with Gasteiger partial charge in [-0.2, -0.15) is 5.10 Å². The van der Waals surface area contributed by atoms with Gasteiger partial charge in [0.1, 0.15) is 12.4 Å². The van der Waals surface area contributed by atoms with E-state index >= 15 is 0 Å². The second-order valence-electron chi connectivity index (χ2n) is 7.25. The van der Waals surface area contributed by atoms with Gasteiger partial charge in [-0.05, 0) is 59.7 Å². The lowest BCUT2D eigenvalue weighted by Gasteiger charge is -2.15. The fraction of sp³-hybridized carbons (Fsp3) is 0.167. The van der Waals surface area contributed by atoms with Crippen molar-refractivity contribution in [1.82, 2.24) is 14.9 Å². The Morgan fingerprint density at radius 1 is 0.912 bits per heavy atom. The van der Waals surface area contributed by atoms with Gasteiger partial charge < -0.3 is 19.6 Å². The van der Waals surface area contributed by atoms with Crippen LogP contribution in [0.1, 0.15) is 11.1 Å². The molecule has 0 unspecified atom stereocenters. The largest absolute Gasteiger partial charge is 0.496 e. The number of benzene rings is 3. The number of methoxy groups -OCH3 is 2. The van der Waals surface area contributed by atoms with Gasteiger partial charge in [0.05, 0.1) is 36.4 Å². The summed E-state index contributed by atoms with van der Waals surface area (Å²) in [6.45, 7) is 0.802. The highest BCUT2D eigenvalue weighted by atomic mass is 35.5. The molecule has 0 atom stereocenters. The number of H-pyrrole nitrogens is 1. The number of nitrogens with one attached hydrogen (secondary N) is 2. The normalized spacial score (nSPS) is 10.7. The lowest BCUT2D eigenvalue weighted by molar-refractivity contribution is 0.284. The Hall–Kier alpha value is -3.20. The van der Waals surface area contributed by atoms with Gasteiger partial charge in [-0.3, -0.25) is 0 Å². The number of aromatic nitrogens is 3. The van der Waals surface area contributed by atoms with Crippen molar-refractivity contribution >= 4 is 35.4 Å². The third-order valence-corrected chi connectivity index (χ3v) is 6.08. The van der Waals surface area contributed by atoms with Crippen molar-refractivity contribution in [2.24, 2.45) is 0 Å². The predicted octanol–water partition coefficient (Wildman–Crippen LogP) is 6.25. The van der Waals surface area contributed by atoms with Crippen LogP contribution in [0.25, 0.3) is 11.4 Å². The van der Waals surface area contributed by atoms with Gasteiger partial charge >= 0.3 is 0 Å². The highest BCUT2D eigenvalue weighted by Crippen LogP contribution is 2.31.